The normalized spacial score (nSPS) is 12.9. The average Bonchev–Trinajstić information content (AvgIpc) is 3.03. The van der Waals surface area contributed by atoms with Crippen molar-refractivity contribution in [3.8, 4) is 0 Å². The third-order valence-corrected chi connectivity index (χ3v) is 10.5. The van der Waals surface area contributed by atoms with Crippen molar-refractivity contribution in [1.82, 2.24) is 0 Å². The number of nitrogens with two attached hydrogens (primary N) is 1. The van der Waals surface area contributed by atoms with Gasteiger partial charge in [-0.15, -0.1) is 0 Å². The maximum atomic E-state index is 7.50. The number of aryl methyl sites for hydroxylation is 1. The van der Waals surface area contributed by atoms with Crippen LogP contribution < -0.4 is 5.73 Å². The van der Waals surface area contributed by atoms with Crippen LogP contribution in [0.5, 0.6) is 0 Å². The van der Waals surface area contributed by atoms with E-state index in [1.807, 2.05) is 0 Å². The number of nitrogen functional groups attached to an aromatic ring is 1. The molecular weight excluding hydrogens is 603 g/mol. The Morgan fingerprint density at radius 2 is 0.560 bits per heavy atom. The van der Waals surface area contributed by atoms with Gasteiger partial charge in [0.25, 0.3) is 0 Å². The first kappa shape index (κ1) is 37.2. The maximum Gasteiger partial charge on any atom is 0.0398 e. The summed E-state index contributed by atoms with van der Waals surface area (Å²) in [5.41, 5.74) is 22.6. The summed E-state index contributed by atoms with van der Waals surface area (Å²) in [6.45, 7) is 29.5. The fourth-order valence-corrected chi connectivity index (χ4v) is 7.14. The van der Waals surface area contributed by atoms with Gasteiger partial charge in [-0.3, -0.25) is 0 Å². The fourth-order valence-electron chi connectivity index (χ4n) is 7.14. The van der Waals surface area contributed by atoms with Gasteiger partial charge >= 0.3 is 0 Å². The molecule has 262 valence electrons. The van der Waals surface area contributed by atoms with Crippen LogP contribution in [0.25, 0.3) is 0 Å². The SMILES string of the molecule is Cc1cc(C(c2ccc(C(C)(C)C)cc2)c2ccc(C(C)(C)C)cc2)c(N)c(C(c2ccc(C(C)(C)C)cc2)c2ccc(C(C)(C)C)cc2)c1. The predicted molar refractivity (Wildman–Crippen MR) is 218 cm³/mol. The molecule has 0 amide bonds. The van der Waals surface area contributed by atoms with Crippen molar-refractivity contribution >= 4 is 5.69 Å². The van der Waals surface area contributed by atoms with E-state index in [-0.39, 0.29) is 33.5 Å². The van der Waals surface area contributed by atoms with Crippen molar-refractivity contribution in [1.29, 1.82) is 0 Å². The second kappa shape index (κ2) is 13.6. The Bertz CT molecular complexity index is 1640. The second-order valence-electron chi connectivity index (χ2n) is 18.7. The molecule has 0 saturated carbocycles. The molecule has 0 aliphatic rings. The highest BCUT2D eigenvalue weighted by molar-refractivity contribution is 5.66. The van der Waals surface area contributed by atoms with Crippen molar-refractivity contribution in [2.45, 2.75) is 124 Å². The van der Waals surface area contributed by atoms with Crippen LogP contribution in [-0.4, -0.2) is 0 Å². The minimum absolute atomic E-state index is 0.0103. The third kappa shape index (κ3) is 8.10. The summed E-state index contributed by atoms with van der Waals surface area (Å²) < 4.78 is 0. The first-order valence-electron chi connectivity index (χ1n) is 18.5. The molecule has 5 aromatic rings. The lowest BCUT2D eigenvalue weighted by Gasteiger charge is -2.29. The van der Waals surface area contributed by atoms with Gasteiger partial charge in [0.05, 0.1) is 0 Å². The van der Waals surface area contributed by atoms with E-state index in [2.05, 4.69) is 199 Å². The minimum Gasteiger partial charge on any atom is -0.398 e. The molecule has 2 N–H and O–H groups in total. The van der Waals surface area contributed by atoms with Gasteiger partial charge in [-0.2, -0.15) is 0 Å². The van der Waals surface area contributed by atoms with E-state index < -0.39 is 0 Å². The lowest BCUT2D eigenvalue weighted by molar-refractivity contribution is 0.589. The van der Waals surface area contributed by atoms with Gasteiger partial charge in [0, 0.05) is 17.5 Å². The largest absolute Gasteiger partial charge is 0.398 e. The second-order valence-corrected chi connectivity index (χ2v) is 18.7. The Hall–Kier alpha value is -4.10. The zero-order valence-corrected chi connectivity index (χ0v) is 33.1. The highest BCUT2D eigenvalue weighted by Gasteiger charge is 2.28. The Labute approximate surface area is 304 Å². The molecule has 0 unspecified atom stereocenters. The molecule has 1 heteroatoms. The molecule has 50 heavy (non-hydrogen) atoms. The van der Waals surface area contributed by atoms with Gasteiger partial charge in [-0.25, -0.2) is 0 Å². The van der Waals surface area contributed by atoms with Crippen LogP contribution in [0.3, 0.4) is 0 Å². The minimum atomic E-state index is -0.0103. The molecular formula is C49H61N. The first-order valence-corrected chi connectivity index (χ1v) is 18.5. The van der Waals surface area contributed by atoms with E-state index >= 15 is 0 Å². The molecule has 0 heterocycles. The number of rotatable bonds is 6. The van der Waals surface area contributed by atoms with Crippen molar-refractivity contribution in [2.24, 2.45) is 0 Å². The van der Waals surface area contributed by atoms with Gasteiger partial charge in [0.1, 0.15) is 0 Å². The van der Waals surface area contributed by atoms with Crippen LogP contribution in [0.4, 0.5) is 5.69 Å². The molecule has 0 fully saturated rings. The molecule has 0 atom stereocenters. The van der Waals surface area contributed by atoms with Crippen LogP contribution in [0.15, 0.2) is 109 Å². The molecule has 0 bridgehead atoms. The van der Waals surface area contributed by atoms with Crippen LogP contribution >= 0.6 is 0 Å². The molecule has 5 aromatic carbocycles. The van der Waals surface area contributed by atoms with Crippen LogP contribution in [-0.2, 0) is 21.7 Å². The van der Waals surface area contributed by atoms with E-state index in [1.165, 1.54) is 50.1 Å². The summed E-state index contributed by atoms with van der Waals surface area (Å²) in [4.78, 5) is 0. The van der Waals surface area contributed by atoms with Crippen molar-refractivity contribution in [3.63, 3.8) is 0 Å². The Morgan fingerprint density at radius 3 is 0.740 bits per heavy atom. The number of hydrogen-bond acceptors (Lipinski definition) is 1. The molecule has 5 rings (SSSR count). The summed E-state index contributed by atoms with van der Waals surface area (Å²) in [6.07, 6.45) is 0. The molecule has 0 saturated heterocycles. The third-order valence-electron chi connectivity index (χ3n) is 10.5. The quantitative estimate of drug-likeness (QED) is 0.142. The van der Waals surface area contributed by atoms with Crippen molar-refractivity contribution < 1.29 is 0 Å². The van der Waals surface area contributed by atoms with Gasteiger partial charge in [0.15, 0.2) is 0 Å². The van der Waals surface area contributed by atoms with Crippen LogP contribution in [0, 0.1) is 6.92 Å². The molecule has 1 nitrogen and oxygen atoms in total. The van der Waals surface area contributed by atoms with Gasteiger partial charge in [0.2, 0.25) is 0 Å². The van der Waals surface area contributed by atoms with E-state index in [9.17, 15) is 0 Å². The van der Waals surface area contributed by atoms with Gasteiger partial charge in [-0.1, -0.05) is 198 Å². The smallest absolute Gasteiger partial charge is 0.0398 e. The fraction of sp³-hybridized carbons (Fsp3) is 0.388. The molecule has 0 spiro atoms. The lowest BCUT2D eigenvalue weighted by Crippen LogP contribution is -2.15. The number of benzene rings is 5. The van der Waals surface area contributed by atoms with Gasteiger partial charge in [-0.05, 0) is 84.2 Å². The Kier molecular flexibility index (Phi) is 10.1. The summed E-state index contributed by atoms with van der Waals surface area (Å²) in [5, 5.41) is 0. The highest BCUT2D eigenvalue weighted by atomic mass is 14.6. The summed E-state index contributed by atoms with van der Waals surface area (Å²) in [5.74, 6) is -0.0206. The van der Waals surface area contributed by atoms with Crippen LogP contribution in [0.1, 0.15) is 156 Å². The first-order chi connectivity index (χ1) is 23.1. The average molecular weight is 664 g/mol. The molecule has 0 aliphatic heterocycles. The highest BCUT2D eigenvalue weighted by Crippen LogP contribution is 2.44. The van der Waals surface area contributed by atoms with Crippen LogP contribution in [0.2, 0.25) is 0 Å². The van der Waals surface area contributed by atoms with E-state index in [1.54, 1.807) is 0 Å². The monoisotopic (exact) mass is 663 g/mol. The van der Waals surface area contributed by atoms with E-state index in [4.69, 9.17) is 5.73 Å². The Morgan fingerprint density at radius 1 is 0.360 bits per heavy atom. The van der Waals surface area contributed by atoms with E-state index in [0.717, 1.165) is 16.8 Å². The lowest BCUT2D eigenvalue weighted by atomic mass is 9.76. The maximum absolute atomic E-state index is 7.50. The number of hydrogen-bond donors (Lipinski definition) is 1. The zero-order chi connectivity index (χ0) is 36.8. The standard InChI is InChI=1S/C49H61N/c1-32-30-41(43(33-14-22-37(23-15-33)46(2,3)4)34-16-24-38(25-17-34)47(5,6)7)45(50)42(31-32)44(35-18-26-39(27-19-35)48(8,9)10)36-20-28-40(29-21-36)49(11,12)13/h14-31,43-44H,50H2,1-13H3. The van der Waals surface area contributed by atoms with Crippen molar-refractivity contribution in [2.75, 3.05) is 5.73 Å². The molecule has 0 radical (unpaired) electrons. The molecule has 0 aliphatic carbocycles. The Balaban J connectivity index is 1.74. The summed E-state index contributed by atoms with van der Waals surface area (Å²) in [6, 6.07) is 41.6. The predicted octanol–water partition coefficient (Wildman–Crippen LogP) is 13.1. The molecule has 0 aromatic heterocycles. The zero-order valence-electron chi connectivity index (χ0n) is 33.1. The number of anilines is 1. The van der Waals surface area contributed by atoms with E-state index in [0.29, 0.717) is 0 Å². The topological polar surface area (TPSA) is 26.0 Å². The summed E-state index contributed by atoms with van der Waals surface area (Å²) in [7, 11) is 0. The van der Waals surface area contributed by atoms with Crippen molar-refractivity contribution in [3.05, 3.63) is 170 Å². The summed E-state index contributed by atoms with van der Waals surface area (Å²) >= 11 is 0. The van der Waals surface area contributed by atoms with Gasteiger partial charge < -0.3 is 5.73 Å².